The summed E-state index contributed by atoms with van der Waals surface area (Å²) < 4.78 is 27.7. The first kappa shape index (κ1) is 24.3. The normalized spacial score (nSPS) is 18.7. The van der Waals surface area contributed by atoms with Crippen molar-refractivity contribution >= 4 is 52.6 Å². The molecule has 0 N–H and O–H groups in total. The summed E-state index contributed by atoms with van der Waals surface area (Å²) in [6, 6.07) is 0. The second-order valence-corrected chi connectivity index (χ2v) is 8.10. The van der Waals surface area contributed by atoms with Gasteiger partial charge in [0.2, 0.25) is 0 Å². The van der Waals surface area contributed by atoms with E-state index in [1.54, 1.807) is 25.5 Å². The summed E-state index contributed by atoms with van der Waals surface area (Å²) in [5.41, 5.74) is 1.26. The van der Waals surface area contributed by atoms with Crippen LogP contribution < -0.4 is 4.90 Å². The number of allylic oxidation sites excluding steroid dienone is 1. The van der Waals surface area contributed by atoms with E-state index in [1.165, 1.54) is 28.5 Å². The molecule has 30 heavy (non-hydrogen) atoms. The Morgan fingerprint density at radius 3 is 2.80 bits per heavy atom. The zero-order valence-electron chi connectivity index (χ0n) is 17.4. The number of alkyl halides is 2. The van der Waals surface area contributed by atoms with Crippen molar-refractivity contribution in [2.75, 3.05) is 30.1 Å². The van der Waals surface area contributed by atoms with Gasteiger partial charge in [-0.3, -0.25) is 9.79 Å². The molecule has 0 aromatic carbocycles. The Hall–Kier alpha value is -1.94. The number of hydrogen-bond acceptors (Lipinski definition) is 6. The summed E-state index contributed by atoms with van der Waals surface area (Å²) >= 11 is 7.52. The Labute approximate surface area is 184 Å². The molecule has 1 saturated carbocycles. The fourth-order valence-corrected chi connectivity index (χ4v) is 3.96. The molecule has 7 nitrogen and oxygen atoms in total. The molecule has 1 aliphatic carbocycles. The van der Waals surface area contributed by atoms with Crippen LogP contribution in [0.25, 0.3) is 5.70 Å². The average molecular weight is 462 g/mol. The second kappa shape index (κ2) is 10.9. The molecule has 1 aromatic rings. The minimum absolute atomic E-state index is 0.101. The highest BCUT2D eigenvalue weighted by Crippen LogP contribution is 2.50. The van der Waals surface area contributed by atoms with Crippen molar-refractivity contribution in [2.24, 2.45) is 16.1 Å². The number of anilines is 1. The predicted octanol–water partition coefficient (Wildman–Crippen LogP) is 4.58. The summed E-state index contributed by atoms with van der Waals surface area (Å²) in [6.07, 6.45) is 5.76. The fourth-order valence-electron chi connectivity index (χ4n) is 2.60. The van der Waals surface area contributed by atoms with Crippen LogP contribution in [-0.2, 0) is 9.63 Å². The number of aliphatic imine (C=N–C) groups is 1. The van der Waals surface area contributed by atoms with E-state index in [0.29, 0.717) is 12.2 Å². The molecule has 166 valence electrons. The molecule has 0 bridgehead atoms. The summed E-state index contributed by atoms with van der Waals surface area (Å²) in [7, 11) is 1.33. The van der Waals surface area contributed by atoms with Gasteiger partial charge in [-0.25, -0.2) is 13.5 Å². The Kier molecular flexibility index (Phi) is 8.84. The van der Waals surface area contributed by atoms with Gasteiger partial charge < -0.3 is 9.74 Å². The number of aromatic nitrogens is 2. The quantitative estimate of drug-likeness (QED) is 0.357. The molecular weight excluding hydrogens is 436 g/mol. The van der Waals surface area contributed by atoms with Crippen LogP contribution in [0.5, 0.6) is 0 Å². The first-order valence-corrected chi connectivity index (χ1v) is 11.1. The van der Waals surface area contributed by atoms with Crippen LogP contribution in [0, 0.1) is 5.92 Å². The lowest BCUT2D eigenvalue weighted by Gasteiger charge is -2.20. The summed E-state index contributed by atoms with van der Waals surface area (Å²) in [4.78, 5) is 23.4. The third kappa shape index (κ3) is 6.28. The molecule has 0 saturated heterocycles. The number of nitrogens with zero attached hydrogens (tertiary/aromatic N) is 5. The molecule has 1 aliphatic rings. The first-order chi connectivity index (χ1) is 14.2. The maximum atomic E-state index is 13.1. The monoisotopic (exact) mass is 461 g/mol. The van der Waals surface area contributed by atoms with E-state index < -0.39 is 17.7 Å². The first-order valence-electron chi connectivity index (χ1n) is 9.56. The molecule has 1 fully saturated rings. The topological polar surface area (TPSA) is 72.1 Å². The molecule has 0 aliphatic heterocycles. The molecular formula is C19H26ClF2N5O2S. The average Bonchev–Trinajstić information content (AvgIpc) is 3.12. The van der Waals surface area contributed by atoms with Crippen LogP contribution in [0.3, 0.4) is 0 Å². The van der Waals surface area contributed by atoms with E-state index in [4.69, 9.17) is 16.4 Å². The lowest BCUT2D eigenvalue weighted by Crippen LogP contribution is -2.37. The Morgan fingerprint density at radius 2 is 2.23 bits per heavy atom. The molecule has 1 atom stereocenters. The van der Waals surface area contributed by atoms with Gasteiger partial charge in [-0.1, -0.05) is 23.7 Å². The molecule has 1 aromatic heterocycles. The van der Waals surface area contributed by atoms with Crippen molar-refractivity contribution in [3.8, 4) is 0 Å². The Balaban J connectivity index is 2.14. The number of oxime groups is 1. The van der Waals surface area contributed by atoms with Crippen molar-refractivity contribution in [1.29, 1.82) is 0 Å². The van der Waals surface area contributed by atoms with Crippen LogP contribution >= 0.6 is 23.4 Å². The zero-order chi connectivity index (χ0) is 22.3. The van der Waals surface area contributed by atoms with Crippen LogP contribution in [0.4, 0.5) is 14.5 Å². The van der Waals surface area contributed by atoms with Gasteiger partial charge in [0.25, 0.3) is 11.8 Å². The number of halogens is 3. The Morgan fingerprint density at radius 1 is 1.53 bits per heavy atom. The van der Waals surface area contributed by atoms with Crippen molar-refractivity contribution < 1.29 is 18.4 Å². The van der Waals surface area contributed by atoms with Crippen molar-refractivity contribution in [2.45, 2.75) is 39.5 Å². The number of carbonyl (C=O) groups excluding carboxylic acids is 1. The lowest BCUT2D eigenvalue weighted by atomic mass is 10.3. The highest BCUT2D eigenvalue weighted by atomic mass is 35.5. The fraction of sp³-hybridized carbons (Fsp3) is 0.579. The highest BCUT2D eigenvalue weighted by Gasteiger charge is 2.56. The summed E-state index contributed by atoms with van der Waals surface area (Å²) in [6.45, 7) is 5.91. The number of rotatable bonds is 11. The Bertz CT molecular complexity index is 841. The van der Waals surface area contributed by atoms with Crippen molar-refractivity contribution in [1.82, 2.24) is 9.78 Å². The number of carbonyl (C=O) groups is 1. The van der Waals surface area contributed by atoms with Gasteiger partial charge in [0.1, 0.15) is 12.8 Å². The minimum atomic E-state index is -2.58. The van der Waals surface area contributed by atoms with Gasteiger partial charge in [-0.05, 0) is 20.3 Å². The molecule has 2 rings (SSSR count). The van der Waals surface area contributed by atoms with E-state index in [2.05, 4.69) is 15.2 Å². The molecule has 1 unspecified atom stereocenters. The lowest BCUT2D eigenvalue weighted by molar-refractivity contribution is -0.112. The highest BCUT2D eigenvalue weighted by molar-refractivity contribution is 8.00. The standard InChI is InChI=1S/C19H26ClF2N5O2S/c1-5-7-23-9-13(3)27-10-16(17(20)24-27)26(6-2)18(28)15(25-29-4)12-30-11-14-8-19(14,21)22/h7,9-10,14H,5-6,8,11-12H2,1-4H3/b13-9+,23-7?,25-15?. The van der Waals surface area contributed by atoms with Gasteiger partial charge in [-0.15, -0.1) is 0 Å². The van der Waals surface area contributed by atoms with E-state index >= 15 is 0 Å². The SMILES string of the molecule is CCC=N/C=C(\C)n1cc(N(CC)C(=O)C(CSCC2CC2(F)F)=NOC)c(Cl)n1. The van der Waals surface area contributed by atoms with Crippen LogP contribution in [0.15, 0.2) is 22.5 Å². The molecule has 1 heterocycles. The smallest absolute Gasteiger partial charge is 0.277 e. The van der Waals surface area contributed by atoms with Gasteiger partial charge in [0, 0.05) is 42.8 Å². The van der Waals surface area contributed by atoms with Crippen LogP contribution in [-0.4, -0.2) is 58.7 Å². The van der Waals surface area contributed by atoms with E-state index in [9.17, 15) is 13.6 Å². The van der Waals surface area contributed by atoms with E-state index in [0.717, 1.165) is 12.1 Å². The van der Waals surface area contributed by atoms with Crippen molar-refractivity contribution in [3.05, 3.63) is 17.5 Å². The number of amides is 1. The minimum Gasteiger partial charge on any atom is -0.399 e. The maximum absolute atomic E-state index is 13.1. The third-order valence-corrected chi connectivity index (χ3v) is 5.76. The predicted molar refractivity (Wildman–Crippen MR) is 119 cm³/mol. The number of thioether (sulfide) groups is 1. The maximum Gasteiger partial charge on any atom is 0.277 e. The second-order valence-electron chi connectivity index (χ2n) is 6.71. The van der Waals surface area contributed by atoms with Crippen LogP contribution in [0.1, 0.15) is 33.6 Å². The van der Waals surface area contributed by atoms with Gasteiger partial charge in [0.05, 0.1) is 11.9 Å². The molecule has 1 amide bonds. The van der Waals surface area contributed by atoms with E-state index in [-0.39, 0.29) is 28.8 Å². The van der Waals surface area contributed by atoms with Crippen LogP contribution in [0.2, 0.25) is 5.15 Å². The van der Waals surface area contributed by atoms with Gasteiger partial charge in [0.15, 0.2) is 10.9 Å². The van der Waals surface area contributed by atoms with Crippen molar-refractivity contribution in [3.63, 3.8) is 0 Å². The largest absolute Gasteiger partial charge is 0.399 e. The zero-order valence-corrected chi connectivity index (χ0v) is 19.0. The third-order valence-electron chi connectivity index (χ3n) is 4.38. The number of hydrogen-bond donors (Lipinski definition) is 0. The summed E-state index contributed by atoms with van der Waals surface area (Å²) in [5.74, 6) is -3.22. The van der Waals surface area contributed by atoms with Gasteiger partial charge >= 0.3 is 0 Å². The molecule has 0 radical (unpaired) electrons. The molecule has 11 heteroatoms. The summed E-state index contributed by atoms with van der Waals surface area (Å²) in [5, 5.41) is 8.20. The molecule has 0 spiro atoms. The van der Waals surface area contributed by atoms with Gasteiger partial charge in [-0.2, -0.15) is 16.9 Å². The van der Waals surface area contributed by atoms with E-state index in [1.807, 2.05) is 13.8 Å².